The minimum absolute atomic E-state index is 0.133. The fraction of sp³-hybridized carbons (Fsp3) is 0.167. The van der Waals surface area contributed by atoms with Crippen LogP contribution in [0.1, 0.15) is 16.7 Å². The number of nitrogens with one attached hydrogen (secondary N) is 3. The summed E-state index contributed by atoms with van der Waals surface area (Å²) in [6, 6.07) is 13.3. The Balaban J connectivity index is 1.76. The van der Waals surface area contributed by atoms with Crippen LogP contribution in [0.5, 0.6) is 0 Å². The first kappa shape index (κ1) is 15.2. The van der Waals surface area contributed by atoms with Gasteiger partial charge in [-0.3, -0.25) is 10.1 Å². The Kier molecular flexibility index (Phi) is 3.24. The van der Waals surface area contributed by atoms with Gasteiger partial charge in [0.25, 0.3) is 11.6 Å². The third kappa shape index (κ3) is 2.40. The Hall–Kier alpha value is -3.35. The van der Waals surface area contributed by atoms with Crippen molar-refractivity contribution >= 4 is 29.2 Å². The largest absolute Gasteiger partial charge is 0.370 e. The number of benzene rings is 2. The standard InChI is InChI=1S/C18H18N6O/c1-10-7-8-12(9-11(10)2)20-17-22-16(19)23-18(24-17)13-5-3-4-6-14(13)21-15(18)25/h3-9H,1-2H3,(H,21,25)(H4,19,20,22,23,24)/t18-/m1/s1. The third-order valence-corrected chi connectivity index (χ3v) is 4.44. The summed E-state index contributed by atoms with van der Waals surface area (Å²) in [5.74, 6) is 0.188. The van der Waals surface area contributed by atoms with Gasteiger partial charge in [-0.1, -0.05) is 24.3 Å². The Morgan fingerprint density at radius 3 is 2.64 bits per heavy atom. The first-order chi connectivity index (χ1) is 12.0. The number of rotatable bonds is 1. The first-order valence-electron chi connectivity index (χ1n) is 7.95. The van der Waals surface area contributed by atoms with Crippen LogP contribution in [-0.4, -0.2) is 17.8 Å². The molecule has 126 valence electrons. The van der Waals surface area contributed by atoms with Crippen molar-refractivity contribution in [3.63, 3.8) is 0 Å². The summed E-state index contributed by atoms with van der Waals surface area (Å²) < 4.78 is 0. The van der Waals surface area contributed by atoms with Gasteiger partial charge in [0, 0.05) is 16.9 Å². The van der Waals surface area contributed by atoms with Gasteiger partial charge in [0.1, 0.15) is 0 Å². The minimum Gasteiger partial charge on any atom is -0.370 e. The zero-order chi connectivity index (χ0) is 17.6. The summed E-state index contributed by atoms with van der Waals surface area (Å²) in [7, 11) is 0. The number of carbonyl (C=O) groups excluding carboxylic acids is 1. The molecule has 7 nitrogen and oxygen atoms in total. The van der Waals surface area contributed by atoms with Gasteiger partial charge >= 0.3 is 0 Å². The van der Waals surface area contributed by atoms with E-state index < -0.39 is 5.66 Å². The van der Waals surface area contributed by atoms with Crippen LogP contribution in [0.3, 0.4) is 0 Å². The number of nitrogens with two attached hydrogens (primary N) is 1. The molecule has 2 aromatic rings. The zero-order valence-electron chi connectivity index (χ0n) is 13.9. The number of hydrogen-bond donors (Lipinski definition) is 4. The highest BCUT2D eigenvalue weighted by Crippen LogP contribution is 2.40. The van der Waals surface area contributed by atoms with Gasteiger partial charge in [0.15, 0.2) is 5.96 Å². The van der Waals surface area contributed by atoms with Gasteiger partial charge in [0.05, 0.1) is 0 Å². The molecule has 0 unspecified atom stereocenters. The highest BCUT2D eigenvalue weighted by Gasteiger charge is 2.49. The number of guanidine groups is 2. The van der Waals surface area contributed by atoms with Crippen LogP contribution < -0.4 is 21.7 Å². The second kappa shape index (κ2) is 5.34. The minimum atomic E-state index is -1.39. The van der Waals surface area contributed by atoms with E-state index in [9.17, 15) is 4.79 Å². The monoisotopic (exact) mass is 334 g/mol. The van der Waals surface area contributed by atoms with Crippen LogP contribution in [0.4, 0.5) is 11.4 Å². The van der Waals surface area contributed by atoms with Crippen LogP contribution in [0, 0.1) is 13.8 Å². The molecule has 0 bridgehead atoms. The molecule has 0 radical (unpaired) electrons. The molecule has 2 aliphatic rings. The molecular formula is C18H18N6O. The molecule has 1 atom stereocenters. The van der Waals surface area contributed by atoms with E-state index in [4.69, 9.17) is 5.73 Å². The van der Waals surface area contributed by atoms with E-state index in [2.05, 4.69) is 32.9 Å². The van der Waals surface area contributed by atoms with Crippen LogP contribution in [0.2, 0.25) is 0 Å². The highest BCUT2D eigenvalue weighted by molar-refractivity contribution is 6.13. The highest BCUT2D eigenvalue weighted by atomic mass is 16.2. The second-order valence-electron chi connectivity index (χ2n) is 6.18. The third-order valence-electron chi connectivity index (χ3n) is 4.44. The Morgan fingerprint density at radius 1 is 1.04 bits per heavy atom. The van der Waals surface area contributed by atoms with Gasteiger partial charge in [0.2, 0.25) is 5.96 Å². The SMILES string of the molecule is Cc1ccc(NC2=N[C@@]3(N=C(N)N2)C(=O)Nc2ccccc23)cc1C. The number of nitrogens with zero attached hydrogens (tertiary/aromatic N) is 2. The maximum absolute atomic E-state index is 12.6. The van der Waals surface area contributed by atoms with Crippen molar-refractivity contribution in [2.45, 2.75) is 19.5 Å². The molecule has 0 fully saturated rings. The van der Waals surface area contributed by atoms with Crippen molar-refractivity contribution in [2.24, 2.45) is 15.7 Å². The summed E-state index contributed by atoms with van der Waals surface area (Å²) in [5, 5.41) is 8.88. The number of carbonyl (C=O) groups is 1. The number of hydrogen-bond acceptors (Lipinski definition) is 6. The summed E-state index contributed by atoms with van der Waals surface area (Å²) in [5.41, 5.74) is 9.14. The summed E-state index contributed by atoms with van der Waals surface area (Å²) >= 11 is 0. The lowest BCUT2D eigenvalue weighted by molar-refractivity contribution is -0.120. The van der Waals surface area contributed by atoms with Crippen LogP contribution in [0.15, 0.2) is 52.4 Å². The molecule has 7 heteroatoms. The predicted molar refractivity (Wildman–Crippen MR) is 98.5 cm³/mol. The quantitative estimate of drug-likeness (QED) is 0.638. The number of amides is 1. The molecule has 0 aromatic heterocycles. The summed E-state index contributed by atoms with van der Waals surface area (Å²) in [6.45, 7) is 4.09. The van der Waals surface area contributed by atoms with Gasteiger partial charge in [-0.2, -0.15) is 0 Å². The molecule has 5 N–H and O–H groups in total. The first-order valence-corrected chi connectivity index (χ1v) is 7.95. The maximum Gasteiger partial charge on any atom is 0.280 e. The molecule has 0 aliphatic carbocycles. The van der Waals surface area contributed by atoms with Gasteiger partial charge < -0.3 is 16.4 Å². The van der Waals surface area contributed by atoms with Crippen LogP contribution in [-0.2, 0) is 10.5 Å². The fourth-order valence-electron chi connectivity index (χ4n) is 3.00. The van der Waals surface area contributed by atoms with E-state index in [-0.39, 0.29) is 11.9 Å². The van der Waals surface area contributed by atoms with E-state index in [0.29, 0.717) is 17.2 Å². The van der Waals surface area contributed by atoms with Gasteiger partial charge in [-0.05, 0) is 43.2 Å². The molecule has 25 heavy (non-hydrogen) atoms. The molecule has 4 rings (SSSR count). The maximum atomic E-state index is 12.6. The second-order valence-corrected chi connectivity index (χ2v) is 6.18. The lowest BCUT2D eigenvalue weighted by Gasteiger charge is -2.26. The Labute approximate surface area is 145 Å². The van der Waals surface area contributed by atoms with Crippen molar-refractivity contribution in [3.8, 4) is 0 Å². The zero-order valence-corrected chi connectivity index (χ0v) is 13.9. The van der Waals surface area contributed by atoms with E-state index in [1.807, 2.05) is 49.4 Å². The molecule has 0 saturated heterocycles. The predicted octanol–water partition coefficient (Wildman–Crippen LogP) is 1.79. The van der Waals surface area contributed by atoms with Crippen molar-refractivity contribution in [2.75, 3.05) is 10.6 Å². The number of para-hydroxylation sites is 1. The molecule has 2 heterocycles. The lowest BCUT2D eigenvalue weighted by Crippen LogP contribution is -2.49. The topological polar surface area (TPSA) is 104 Å². The summed E-state index contributed by atoms with van der Waals surface area (Å²) in [6.07, 6.45) is 0. The normalized spacial score (nSPS) is 21.1. The smallest absolute Gasteiger partial charge is 0.280 e. The van der Waals surface area contributed by atoms with E-state index in [0.717, 1.165) is 11.3 Å². The Bertz CT molecular complexity index is 948. The van der Waals surface area contributed by atoms with E-state index >= 15 is 0 Å². The molecule has 2 aromatic carbocycles. The van der Waals surface area contributed by atoms with E-state index in [1.54, 1.807) is 0 Å². The van der Waals surface area contributed by atoms with Crippen molar-refractivity contribution in [3.05, 3.63) is 59.2 Å². The van der Waals surface area contributed by atoms with Crippen molar-refractivity contribution in [1.82, 2.24) is 5.32 Å². The average Bonchev–Trinajstić information content (AvgIpc) is 2.82. The van der Waals surface area contributed by atoms with Crippen LogP contribution in [0.25, 0.3) is 0 Å². The van der Waals surface area contributed by atoms with Gasteiger partial charge in [-0.25, -0.2) is 9.98 Å². The van der Waals surface area contributed by atoms with Gasteiger partial charge in [-0.15, -0.1) is 0 Å². The van der Waals surface area contributed by atoms with E-state index in [1.165, 1.54) is 5.56 Å². The molecule has 1 spiro atoms. The number of anilines is 2. The lowest BCUT2D eigenvalue weighted by atomic mass is 10.0. The number of aliphatic imine (C=N–C) groups is 2. The van der Waals surface area contributed by atoms with Crippen LogP contribution >= 0.6 is 0 Å². The molecule has 1 amide bonds. The Morgan fingerprint density at radius 2 is 1.84 bits per heavy atom. The van der Waals surface area contributed by atoms with Crippen molar-refractivity contribution in [1.29, 1.82) is 0 Å². The summed E-state index contributed by atoms with van der Waals surface area (Å²) in [4.78, 5) is 21.5. The number of aryl methyl sites for hydroxylation is 2. The molecule has 2 aliphatic heterocycles. The van der Waals surface area contributed by atoms with Crippen molar-refractivity contribution < 1.29 is 4.79 Å². The molecular weight excluding hydrogens is 316 g/mol. The fourth-order valence-corrected chi connectivity index (χ4v) is 3.00. The number of fused-ring (bicyclic) bond motifs is 2. The molecule has 0 saturated carbocycles. The average molecular weight is 334 g/mol.